The number of aliphatic hydroxyl groups is 5. The van der Waals surface area contributed by atoms with E-state index in [0.717, 1.165) is 0 Å². The van der Waals surface area contributed by atoms with Gasteiger partial charge in [-0.15, -0.1) is 0 Å². The second-order valence-electron chi connectivity index (χ2n) is 9.89. The summed E-state index contributed by atoms with van der Waals surface area (Å²) in [6.07, 6.45) is -10.1. The molecule has 208 valence electrons. The molecule has 11 atom stereocenters. The minimum absolute atomic E-state index is 0.0197. The fourth-order valence-electron chi connectivity index (χ4n) is 4.38. The predicted molar refractivity (Wildman–Crippen MR) is 122 cm³/mol. The maximum Gasteiger partial charge on any atom is 0.115 e. The van der Waals surface area contributed by atoms with Crippen molar-refractivity contribution in [3.8, 4) is 0 Å². The van der Waals surface area contributed by atoms with Crippen molar-refractivity contribution in [1.29, 1.82) is 0 Å². The lowest BCUT2D eigenvalue weighted by atomic mass is 9.86. The van der Waals surface area contributed by atoms with E-state index in [-0.39, 0.29) is 33.0 Å². The van der Waals surface area contributed by atoms with E-state index in [1.54, 1.807) is 27.7 Å². The molecule has 0 spiro atoms. The molecule has 0 aromatic rings. The Morgan fingerprint density at radius 1 is 0.886 bits per heavy atom. The van der Waals surface area contributed by atoms with Crippen molar-refractivity contribution >= 4 is 0 Å². The van der Waals surface area contributed by atoms with Crippen LogP contribution in [0.5, 0.6) is 0 Å². The molecule has 2 heterocycles. The Hall–Kier alpha value is -0.480. The highest BCUT2D eigenvalue weighted by Crippen LogP contribution is 2.35. The monoisotopic (exact) mass is 512 g/mol. The molecule has 0 aromatic carbocycles. The lowest BCUT2D eigenvalue weighted by Gasteiger charge is -2.50. The van der Waals surface area contributed by atoms with Crippen molar-refractivity contribution in [2.45, 2.75) is 100 Å². The average molecular weight is 513 g/mol. The lowest BCUT2D eigenvalue weighted by molar-refractivity contribution is -0.308. The normalized spacial score (nSPS) is 38.3. The maximum atomic E-state index is 11.1. The number of aliphatic hydroxyl groups excluding tert-OH is 5. The van der Waals surface area contributed by atoms with Gasteiger partial charge in [0.05, 0.1) is 50.8 Å². The van der Waals surface area contributed by atoms with Gasteiger partial charge >= 0.3 is 0 Å². The molecule has 2 aliphatic heterocycles. The van der Waals surface area contributed by atoms with Crippen molar-refractivity contribution in [2.24, 2.45) is 0 Å². The van der Waals surface area contributed by atoms with Crippen LogP contribution in [0.25, 0.3) is 0 Å². The minimum Gasteiger partial charge on any atom is -0.391 e. The van der Waals surface area contributed by atoms with Gasteiger partial charge in [-0.2, -0.15) is 0 Å². The third kappa shape index (κ3) is 8.25. The molecular formula is C23H44O12. The second kappa shape index (κ2) is 13.9. The Bertz CT molecular complexity index is 603. The van der Waals surface area contributed by atoms with Crippen LogP contribution in [0.15, 0.2) is 0 Å². The van der Waals surface area contributed by atoms with E-state index in [1.165, 1.54) is 14.2 Å². The van der Waals surface area contributed by atoms with E-state index >= 15 is 0 Å². The molecule has 0 amide bonds. The molecule has 0 aromatic heterocycles. The first-order valence-electron chi connectivity index (χ1n) is 12.0. The molecule has 8 unspecified atom stereocenters. The molecule has 2 fully saturated rings. The van der Waals surface area contributed by atoms with Gasteiger partial charge in [-0.05, 0) is 27.7 Å². The van der Waals surface area contributed by atoms with Crippen LogP contribution in [0.3, 0.4) is 0 Å². The first-order valence-corrected chi connectivity index (χ1v) is 12.0. The van der Waals surface area contributed by atoms with Crippen molar-refractivity contribution < 1.29 is 58.7 Å². The molecular weight excluding hydrogens is 468 g/mol. The zero-order chi connectivity index (χ0) is 26.3. The van der Waals surface area contributed by atoms with Crippen LogP contribution in [-0.4, -0.2) is 146 Å². The Morgan fingerprint density at radius 2 is 1.54 bits per heavy atom. The first-order chi connectivity index (χ1) is 16.4. The van der Waals surface area contributed by atoms with Crippen LogP contribution in [0.2, 0.25) is 0 Å². The molecule has 12 heteroatoms. The van der Waals surface area contributed by atoms with E-state index in [4.69, 9.17) is 33.2 Å². The topological polar surface area (TPSA) is 166 Å². The van der Waals surface area contributed by atoms with Gasteiger partial charge in [-0.3, -0.25) is 0 Å². The highest BCUT2D eigenvalue weighted by Gasteiger charge is 2.53. The third-order valence-corrected chi connectivity index (χ3v) is 6.17. The highest BCUT2D eigenvalue weighted by atomic mass is 16.6. The Morgan fingerprint density at radius 3 is 2.11 bits per heavy atom. The van der Waals surface area contributed by atoms with E-state index in [0.29, 0.717) is 0 Å². The predicted octanol–water partition coefficient (Wildman–Crippen LogP) is -1.78. The molecule has 0 aliphatic carbocycles. The third-order valence-electron chi connectivity index (χ3n) is 6.17. The summed E-state index contributed by atoms with van der Waals surface area (Å²) in [4.78, 5) is 0. The number of hydrogen-bond acceptors (Lipinski definition) is 12. The van der Waals surface area contributed by atoms with E-state index in [9.17, 15) is 25.5 Å². The molecule has 12 nitrogen and oxygen atoms in total. The molecule has 0 bridgehead atoms. The van der Waals surface area contributed by atoms with Crippen LogP contribution in [-0.2, 0) is 33.2 Å². The molecule has 0 radical (unpaired) electrons. The quantitative estimate of drug-likeness (QED) is 0.189. The number of methoxy groups -OCH3 is 2. The van der Waals surface area contributed by atoms with Crippen LogP contribution < -0.4 is 0 Å². The van der Waals surface area contributed by atoms with Crippen molar-refractivity contribution in [3.63, 3.8) is 0 Å². The summed E-state index contributed by atoms with van der Waals surface area (Å²) in [6.45, 7) is 6.83. The van der Waals surface area contributed by atoms with Gasteiger partial charge < -0.3 is 58.7 Å². The van der Waals surface area contributed by atoms with E-state index in [2.05, 4.69) is 0 Å². The summed E-state index contributed by atoms with van der Waals surface area (Å²) in [7, 11) is 2.90. The number of hydrogen-bond donors (Lipinski definition) is 5. The second-order valence-corrected chi connectivity index (χ2v) is 9.89. The Balaban J connectivity index is 2.21. The van der Waals surface area contributed by atoms with Crippen molar-refractivity contribution in [1.82, 2.24) is 0 Å². The first kappa shape index (κ1) is 30.7. The lowest BCUT2D eigenvalue weighted by Crippen LogP contribution is -2.67. The summed E-state index contributed by atoms with van der Waals surface area (Å²) in [6, 6.07) is 0. The largest absolute Gasteiger partial charge is 0.391 e. The van der Waals surface area contributed by atoms with Crippen molar-refractivity contribution in [3.05, 3.63) is 0 Å². The van der Waals surface area contributed by atoms with Gasteiger partial charge in [0.1, 0.15) is 54.9 Å². The van der Waals surface area contributed by atoms with Gasteiger partial charge in [0, 0.05) is 14.2 Å². The summed E-state index contributed by atoms with van der Waals surface area (Å²) in [5.74, 6) is 0. The Labute approximate surface area is 207 Å². The molecule has 0 saturated carbocycles. The molecule has 2 aliphatic rings. The summed E-state index contributed by atoms with van der Waals surface area (Å²) >= 11 is 0. The van der Waals surface area contributed by atoms with Crippen LogP contribution in [0.4, 0.5) is 0 Å². The fourth-order valence-corrected chi connectivity index (χ4v) is 4.38. The smallest absolute Gasteiger partial charge is 0.115 e. The fraction of sp³-hybridized carbons (Fsp3) is 1.00. The summed E-state index contributed by atoms with van der Waals surface area (Å²) in [5.41, 5.74) is -1.16. The van der Waals surface area contributed by atoms with E-state index < -0.39 is 72.7 Å². The zero-order valence-electron chi connectivity index (χ0n) is 21.5. The Kier molecular flexibility index (Phi) is 12.2. The van der Waals surface area contributed by atoms with Crippen LogP contribution in [0, 0.1) is 0 Å². The number of ether oxygens (including phenoxy) is 7. The standard InChI is InChI=1S/C23H44O12/c1-12(24)7-31-10-15-17(26)19(28)21(30-6)22(34-15)23(3,4)35-20-16(9-29-5)33-11-14(18(20)27)32-8-13(2)25/h12-22,24-28H,7-11H2,1-6H3/t12?,13?,14-,15+,16?,17?,18?,19?,20?,21?,22-/m1/s1. The molecule has 2 saturated heterocycles. The van der Waals surface area contributed by atoms with Gasteiger partial charge in [0.15, 0.2) is 0 Å². The minimum atomic E-state index is -1.30. The highest BCUT2D eigenvalue weighted by molar-refractivity contribution is 5.01. The maximum absolute atomic E-state index is 11.1. The molecule has 5 N–H and O–H groups in total. The molecule has 35 heavy (non-hydrogen) atoms. The SMILES string of the molecule is COCC1OC[C@@H](OCC(C)O)C(O)C1OC(C)(C)[C@@H]1O[C@@H](COCC(C)O)C(O)C(O)C1OC. The van der Waals surface area contributed by atoms with Crippen LogP contribution >= 0.6 is 0 Å². The van der Waals surface area contributed by atoms with Gasteiger partial charge in [-0.1, -0.05) is 0 Å². The van der Waals surface area contributed by atoms with Gasteiger partial charge in [-0.25, -0.2) is 0 Å². The van der Waals surface area contributed by atoms with Gasteiger partial charge in [0.2, 0.25) is 0 Å². The van der Waals surface area contributed by atoms with Crippen molar-refractivity contribution in [2.75, 3.05) is 47.3 Å². The summed E-state index contributed by atoms with van der Waals surface area (Å²) < 4.78 is 40.1. The van der Waals surface area contributed by atoms with Crippen LogP contribution in [0.1, 0.15) is 27.7 Å². The van der Waals surface area contributed by atoms with E-state index in [1.807, 2.05) is 0 Å². The average Bonchev–Trinajstić information content (AvgIpc) is 2.78. The molecule has 2 rings (SSSR count). The zero-order valence-corrected chi connectivity index (χ0v) is 21.5. The number of rotatable bonds is 13. The van der Waals surface area contributed by atoms with Gasteiger partial charge in [0.25, 0.3) is 0 Å². The summed E-state index contributed by atoms with van der Waals surface area (Å²) in [5, 5.41) is 51.4.